The van der Waals surface area contributed by atoms with Crippen LogP contribution in [0.3, 0.4) is 0 Å². The fourth-order valence-corrected chi connectivity index (χ4v) is 4.13. The van der Waals surface area contributed by atoms with Gasteiger partial charge in [0.25, 0.3) is 5.91 Å². The summed E-state index contributed by atoms with van der Waals surface area (Å²) >= 11 is 2.02. The number of rotatable bonds is 5. The number of hydrogen-bond donors (Lipinski definition) is 0. The summed E-state index contributed by atoms with van der Waals surface area (Å²) in [5, 5.41) is 0. The monoisotopic (exact) mass is 334 g/mol. The van der Waals surface area contributed by atoms with Crippen LogP contribution in [0.15, 0.2) is 24.3 Å². The van der Waals surface area contributed by atoms with E-state index in [9.17, 15) is 4.79 Å². The lowest BCUT2D eigenvalue weighted by molar-refractivity contribution is -0.134. The van der Waals surface area contributed by atoms with Gasteiger partial charge in [-0.1, -0.05) is 18.2 Å². The topological polar surface area (TPSA) is 32.8 Å². The Labute approximate surface area is 143 Å². The van der Waals surface area contributed by atoms with Crippen molar-refractivity contribution >= 4 is 17.7 Å². The Hall–Kier alpha value is -1.20. The zero-order valence-corrected chi connectivity index (χ0v) is 14.5. The standard InChI is InChI=1S/C18H26N2O2S/c21-18(20-8-4-1-5-9-20)15-22-17-7-3-2-6-16(17)14-19-10-12-23-13-11-19/h2-3,6-7H,1,4-5,8-15H2. The van der Waals surface area contributed by atoms with E-state index in [4.69, 9.17) is 4.74 Å². The lowest BCUT2D eigenvalue weighted by Gasteiger charge is -2.28. The highest BCUT2D eigenvalue weighted by Crippen LogP contribution is 2.22. The summed E-state index contributed by atoms with van der Waals surface area (Å²) < 4.78 is 5.87. The number of likely N-dealkylation sites (tertiary alicyclic amines) is 1. The molecule has 0 radical (unpaired) electrons. The number of thioether (sulfide) groups is 1. The normalized spacial score (nSPS) is 19.6. The number of piperidine rings is 1. The predicted molar refractivity (Wildman–Crippen MR) is 95.0 cm³/mol. The van der Waals surface area contributed by atoms with E-state index in [0.29, 0.717) is 0 Å². The Morgan fingerprint density at radius 3 is 2.57 bits per heavy atom. The van der Waals surface area contributed by atoms with Crippen molar-refractivity contribution in [1.82, 2.24) is 9.80 Å². The minimum absolute atomic E-state index is 0.119. The highest BCUT2D eigenvalue weighted by Gasteiger charge is 2.18. The van der Waals surface area contributed by atoms with Gasteiger partial charge in [-0.2, -0.15) is 11.8 Å². The lowest BCUT2D eigenvalue weighted by atomic mass is 10.1. The Bertz CT molecular complexity index is 511. The molecule has 0 atom stereocenters. The van der Waals surface area contributed by atoms with Gasteiger partial charge in [0, 0.05) is 49.8 Å². The fourth-order valence-electron chi connectivity index (χ4n) is 3.15. The number of ether oxygens (including phenoxy) is 1. The molecule has 126 valence electrons. The molecular formula is C18H26N2O2S. The molecule has 5 heteroatoms. The second-order valence-corrected chi connectivity index (χ2v) is 7.45. The van der Waals surface area contributed by atoms with Crippen molar-refractivity contribution in [3.8, 4) is 5.75 Å². The van der Waals surface area contributed by atoms with Gasteiger partial charge in [0.1, 0.15) is 5.75 Å². The molecule has 2 saturated heterocycles. The summed E-state index contributed by atoms with van der Waals surface area (Å²) in [4.78, 5) is 16.7. The van der Waals surface area contributed by atoms with Crippen LogP contribution >= 0.6 is 11.8 Å². The van der Waals surface area contributed by atoms with E-state index < -0.39 is 0 Å². The molecule has 0 unspecified atom stereocenters. The van der Waals surface area contributed by atoms with Crippen LogP contribution < -0.4 is 4.74 Å². The molecular weight excluding hydrogens is 308 g/mol. The Kier molecular flexibility index (Phi) is 6.22. The van der Waals surface area contributed by atoms with Crippen molar-refractivity contribution in [2.45, 2.75) is 25.8 Å². The number of benzene rings is 1. The molecule has 0 N–H and O–H groups in total. The molecule has 3 rings (SSSR count). The highest BCUT2D eigenvalue weighted by atomic mass is 32.2. The number of para-hydroxylation sites is 1. The van der Waals surface area contributed by atoms with Crippen LogP contribution in [0.2, 0.25) is 0 Å². The molecule has 0 saturated carbocycles. The van der Waals surface area contributed by atoms with Gasteiger partial charge in [-0.3, -0.25) is 9.69 Å². The largest absolute Gasteiger partial charge is 0.483 e. The maximum atomic E-state index is 12.3. The molecule has 2 fully saturated rings. The smallest absolute Gasteiger partial charge is 0.260 e. The first-order valence-corrected chi connectivity index (χ1v) is 9.77. The molecule has 0 spiro atoms. The molecule has 2 heterocycles. The first-order valence-electron chi connectivity index (χ1n) is 8.61. The first-order chi connectivity index (χ1) is 11.3. The Morgan fingerprint density at radius 1 is 1.04 bits per heavy atom. The molecule has 0 aromatic heterocycles. The van der Waals surface area contributed by atoms with Crippen molar-refractivity contribution < 1.29 is 9.53 Å². The van der Waals surface area contributed by atoms with Crippen LogP contribution in [-0.2, 0) is 11.3 Å². The van der Waals surface area contributed by atoms with Crippen LogP contribution in [0.5, 0.6) is 5.75 Å². The van der Waals surface area contributed by atoms with E-state index in [1.165, 1.54) is 23.5 Å². The first kappa shape index (κ1) is 16.7. The maximum Gasteiger partial charge on any atom is 0.260 e. The predicted octanol–water partition coefficient (Wildman–Crippen LogP) is 2.63. The van der Waals surface area contributed by atoms with Crippen LogP contribution in [0.25, 0.3) is 0 Å². The quantitative estimate of drug-likeness (QED) is 0.829. The second kappa shape index (κ2) is 8.60. The molecule has 2 aliphatic rings. The average molecular weight is 334 g/mol. The summed E-state index contributed by atoms with van der Waals surface area (Å²) in [5.41, 5.74) is 1.19. The van der Waals surface area contributed by atoms with Gasteiger partial charge in [0.2, 0.25) is 0 Å². The van der Waals surface area contributed by atoms with Crippen molar-refractivity contribution in [3.05, 3.63) is 29.8 Å². The fraction of sp³-hybridized carbons (Fsp3) is 0.611. The number of carbonyl (C=O) groups is 1. The van der Waals surface area contributed by atoms with Crippen LogP contribution in [-0.4, -0.2) is 60.0 Å². The number of carbonyl (C=O) groups excluding carboxylic acids is 1. The number of amides is 1. The number of hydrogen-bond acceptors (Lipinski definition) is 4. The van der Waals surface area contributed by atoms with Gasteiger partial charge in [0.05, 0.1) is 0 Å². The third-order valence-electron chi connectivity index (χ3n) is 4.53. The molecule has 1 aromatic rings. The van der Waals surface area contributed by atoms with E-state index in [0.717, 1.165) is 51.3 Å². The average Bonchev–Trinajstić information content (AvgIpc) is 2.62. The van der Waals surface area contributed by atoms with Crippen LogP contribution in [0.4, 0.5) is 0 Å². The van der Waals surface area contributed by atoms with Crippen molar-refractivity contribution in [2.75, 3.05) is 44.3 Å². The summed E-state index contributed by atoms with van der Waals surface area (Å²) in [6.07, 6.45) is 3.48. The van der Waals surface area contributed by atoms with Crippen LogP contribution in [0, 0.1) is 0 Å². The highest BCUT2D eigenvalue weighted by molar-refractivity contribution is 7.99. The second-order valence-electron chi connectivity index (χ2n) is 6.23. The summed E-state index contributed by atoms with van der Waals surface area (Å²) in [6.45, 7) is 5.10. The van der Waals surface area contributed by atoms with E-state index in [1.807, 2.05) is 34.9 Å². The lowest BCUT2D eigenvalue weighted by Crippen LogP contribution is -2.38. The summed E-state index contributed by atoms with van der Waals surface area (Å²) in [7, 11) is 0. The molecule has 4 nitrogen and oxygen atoms in total. The zero-order valence-electron chi connectivity index (χ0n) is 13.7. The third-order valence-corrected chi connectivity index (χ3v) is 5.47. The van der Waals surface area contributed by atoms with E-state index in [1.54, 1.807) is 0 Å². The van der Waals surface area contributed by atoms with Gasteiger partial charge < -0.3 is 9.64 Å². The van der Waals surface area contributed by atoms with Gasteiger partial charge in [0.15, 0.2) is 6.61 Å². The SMILES string of the molecule is O=C(COc1ccccc1CN1CCSCC1)N1CCCCC1. The molecule has 0 aliphatic carbocycles. The minimum atomic E-state index is 0.119. The Balaban J connectivity index is 1.55. The molecule has 23 heavy (non-hydrogen) atoms. The van der Waals surface area contributed by atoms with Crippen molar-refractivity contribution in [3.63, 3.8) is 0 Å². The van der Waals surface area contributed by atoms with Crippen molar-refractivity contribution in [1.29, 1.82) is 0 Å². The summed E-state index contributed by atoms with van der Waals surface area (Å²) in [5.74, 6) is 3.39. The maximum absolute atomic E-state index is 12.3. The van der Waals surface area contributed by atoms with Gasteiger partial charge in [-0.05, 0) is 25.3 Å². The van der Waals surface area contributed by atoms with Crippen molar-refractivity contribution in [2.24, 2.45) is 0 Å². The van der Waals surface area contributed by atoms with E-state index in [2.05, 4.69) is 11.0 Å². The van der Waals surface area contributed by atoms with Gasteiger partial charge >= 0.3 is 0 Å². The molecule has 1 aromatic carbocycles. The van der Waals surface area contributed by atoms with Crippen LogP contribution in [0.1, 0.15) is 24.8 Å². The third kappa shape index (κ3) is 4.88. The molecule has 0 bridgehead atoms. The van der Waals surface area contributed by atoms with E-state index >= 15 is 0 Å². The molecule has 2 aliphatic heterocycles. The zero-order chi connectivity index (χ0) is 15.9. The van der Waals surface area contributed by atoms with Gasteiger partial charge in [-0.25, -0.2) is 0 Å². The molecule has 1 amide bonds. The minimum Gasteiger partial charge on any atom is -0.483 e. The Morgan fingerprint density at radius 2 is 1.78 bits per heavy atom. The van der Waals surface area contributed by atoms with E-state index in [-0.39, 0.29) is 12.5 Å². The van der Waals surface area contributed by atoms with Gasteiger partial charge in [-0.15, -0.1) is 0 Å². The number of nitrogens with zero attached hydrogens (tertiary/aromatic N) is 2. The summed E-state index contributed by atoms with van der Waals surface area (Å²) in [6, 6.07) is 8.13.